The highest BCUT2D eigenvalue weighted by molar-refractivity contribution is 8.45. The molecule has 3 amide bonds. The molecule has 0 spiro atoms. The number of hydrogen-bond acceptors (Lipinski definition) is 4. The molecule has 17 heteroatoms. The van der Waals surface area contributed by atoms with Gasteiger partial charge in [-0.1, -0.05) is 61.4 Å². The molecule has 3 N–H and O–H groups in total. The number of nitrogens with zero attached hydrogens (tertiary/aromatic N) is 3. The summed E-state index contributed by atoms with van der Waals surface area (Å²) in [4.78, 5) is 36.7. The molecule has 2 heterocycles. The number of carbonyl (C=O) groups is 3. The van der Waals surface area contributed by atoms with E-state index in [9.17, 15) is 38.2 Å². The van der Waals surface area contributed by atoms with Crippen LogP contribution < -0.4 is 11.1 Å². The topological polar surface area (TPSA) is 110 Å². The van der Waals surface area contributed by atoms with E-state index in [-0.39, 0.29) is 33.8 Å². The monoisotopic (exact) mass is 663 g/mol. The summed E-state index contributed by atoms with van der Waals surface area (Å²) in [6, 6.07) is 9.64. The first-order valence-electron chi connectivity index (χ1n) is 12.7. The third-order valence-electron chi connectivity index (χ3n) is 6.98. The fourth-order valence-electron chi connectivity index (χ4n) is 4.96. The van der Waals surface area contributed by atoms with Gasteiger partial charge >= 0.3 is 10.2 Å². The van der Waals surface area contributed by atoms with Gasteiger partial charge in [0.1, 0.15) is 23.7 Å². The fraction of sp³-hybridized carbons (Fsp3) is 0.185. The molecule has 1 aliphatic heterocycles. The lowest BCUT2D eigenvalue weighted by atomic mass is 10.0. The molecular weight excluding hydrogens is 643 g/mol. The zero-order valence-electron chi connectivity index (χ0n) is 22.1. The minimum absolute atomic E-state index is 0.0322. The Morgan fingerprint density at radius 2 is 1.68 bits per heavy atom. The van der Waals surface area contributed by atoms with Crippen molar-refractivity contribution < 1.29 is 42.6 Å². The summed E-state index contributed by atoms with van der Waals surface area (Å²) in [6.45, 7) is -1.59. The molecule has 0 saturated carbocycles. The fourth-order valence-corrected chi connectivity index (χ4v) is 5.85. The third kappa shape index (κ3) is 6.04. The maximum absolute atomic E-state index is 15.4. The third-order valence-corrected chi connectivity index (χ3v) is 8.46. The number of anilines is 1. The largest absolute Gasteiger partial charge is 0.364 e. The van der Waals surface area contributed by atoms with Crippen LogP contribution in [0.2, 0.25) is 5.02 Å². The highest BCUT2D eigenvalue weighted by Gasteiger charge is 2.65. The van der Waals surface area contributed by atoms with E-state index >= 15 is 4.39 Å². The summed E-state index contributed by atoms with van der Waals surface area (Å²) < 4.78 is 97.9. The first-order chi connectivity index (χ1) is 20.3. The highest BCUT2D eigenvalue weighted by atomic mass is 35.5. The number of amides is 3. The molecule has 4 aromatic rings. The Labute approximate surface area is 249 Å². The molecule has 0 bridgehead atoms. The van der Waals surface area contributed by atoms with Crippen molar-refractivity contribution in [2.24, 2.45) is 5.73 Å². The van der Waals surface area contributed by atoms with Crippen molar-refractivity contribution in [2.75, 3.05) is 11.9 Å². The lowest BCUT2D eigenvalue weighted by Gasteiger charge is -2.40. The smallest absolute Gasteiger partial charge is 0.310 e. The van der Waals surface area contributed by atoms with Gasteiger partial charge in [0, 0.05) is 28.0 Å². The number of nitrogens with one attached hydrogen (secondary N) is 1. The number of nitrogens with two attached hydrogens (primary N) is 1. The Kier molecular flexibility index (Phi) is 7.16. The predicted molar refractivity (Wildman–Crippen MR) is 150 cm³/mol. The molecular formula is C27H21ClF7N5O3S. The summed E-state index contributed by atoms with van der Waals surface area (Å²) >= 11 is 6.16. The number of alkyl halides is 1. The Hall–Kier alpha value is -4.31. The molecule has 2 atom stereocenters. The number of carbonyl (C=O) groups excluding carboxylic acids is 3. The molecule has 0 unspecified atom stereocenters. The van der Waals surface area contributed by atoms with Gasteiger partial charge in [-0.15, -0.1) is 0 Å². The molecule has 1 saturated heterocycles. The molecule has 0 aliphatic carbocycles. The van der Waals surface area contributed by atoms with Crippen molar-refractivity contribution in [1.82, 2.24) is 14.7 Å². The number of halogens is 8. The Bertz CT molecular complexity index is 1850. The van der Waals surface area contributed by atoms with E-state index in [1.54, 1.807) is 18.2 Å². The number of primary amides is 1. The molecule has 1 fully saturated rings. The summed E-state index contributed by atoms with van der Waals surface area (Å²) in [5, 5.41) is 5.94. The molecule has 1 aliphatic rings. The van der Waals surface area contributed by atoms with Gasteiger partial charge < -0.3 is 16.0 Å². The van der Waals surface area contributed by atoms with Crippen LogP contribution in [0, 0.1) is 5.82 Å². The van der Waals surface area contributed by atoms with Gasteiger partial charge in [0.15, 0.2) is 11.5 Å². The Morgan fingerprint density at radius 3 is 2.34 bits per heavy atom. The van der Waals surface area contributed by atoms with E-state index in [1.165, 1.54) is 24.3 Å². The Morgan fingerprint density at radius 1 is 1.00 bits per heavy atom. The van der Waals surface area contributed by atoms with Gasteiger partial charge in [0.05, 0.1) is 17.7 Å². The van der Waals surface area contributed by atoms with Crippen LogP contribution in [0.25, 0.3) is 22.0 Å². The molecule has 1 aromatic heterocycles. The van der Waals surface area contributed by atoms with Crippen LogP contribution in [0.5, 0.6) is 0 Å². The second-order valence-corrected chi connectivity index (χ2v) is 12.9. The van der Waals surface area contributed by atoms with Gasteiger partial charge in [-0.2, -0.15) is 5.10 Å². The number of fused-ring (bicyclic) bond motifs is 1. The summed E-state index contributed by atoms with van der Waals surface area (Å²) in [5.74, 6) is -4.10. The average molecular weight is 664 g/mol. The number of benzene rings is 3. The van der Waals surface area contributed by atoms with Crippen molar-refractivity contribution in [1.29, 1.82) is 0 Å². The van der Waals surface area contributed by atoms with Crippen molar-refractivity contribution in [3.05, 3.63) is 77.2 Å². The first kappa shape index (κ1) is 31.1. The van der Waals surface area contributed by atoms with E-state index < -0.39 is 81.6 Å². The van der Waals surface area contributed by atoms with Gasteiger partial charge in [0.2, 0.25) is 11.8 Å². The van der Waals surface area contributed by atoms with Crippen molar-refractivity contribution in [3.63, 3.8) is 0 Å². The highest BCUT2D eigenvalue weighted by Crippen LogP contribution is 3.02. The van der Waals surface area contributed by atoms with Crippen molar-refractivity contribution in [3.8, 4) is 11.1 Å². The van der Waals surface area contributed by atoms with Crippen LogP contribution >= 0.6 is 21.8 Å². The summed E-state index contributed by atoms with van der Waals surface area (Å²) in [5.41, 5.74) is 4.04. The minimum atomic E-state index is -10.2. The molecule has 3 aromatic carbocycles. The zero-order valence-corrected chi connectivity index (χ0v) is 23.7. The maximum Gasteiger partial charge on any atom is 0.310 e. The van der Waals surface area contributed by atoms with Crippen LogP contribution in [0.3, 0.4) is 0 Å². The van der Waals surface area contributed by atoms with Gasteiger partial charge in [0.25, 0.3) is 5.91 Å². The lowest BCUT2D eigenvalue weighted by Crippen LogP contribution is -2.44. The number of aromatic nitrogens is 2. The van der Waals surface area contributed by atoms with Crippen LogP contribution in [-0.4, -0.2) is 51.2 Å². The van der Waals surface area contributed by atoms with Crippen LogP contribution in [0.4, 0.5) is 33.9 Å². The quantitative estimate of drug-likeness (QED) is 0.211. The van der Waals surface area contributed by atoms with Crippen LogP contribution in [0.15, 0.2) is 65.6 Å². The second kappa shape index (κ2) is 10.1. The standard InChI is InChI=1S/C27H21ClF7N5O3S/c28-19-6-2-1-4-16(19)17-5-3-7-20(24(17)30)37-27(43)22-10-14(29)12-39(22)23(41)13-40-21-11-15(44(31,32,33,34)35)8-9-18(21)25(38-40)26(36)42/h1-9,11,14,22H,10,12-13H2,(H2,36,42)(H,37,43)/t14-,22+/m1/s1. The van der Waals surface area contributed by atoms with Crippen LogP contribution in [0.1, 0.15) is 16.9 Å². The van der Waals surface area contributed by atoms with Gasteiger partial charge in [-0.05, 0) is 30.3 Å². The zero-order chi connectivity index (χ0) is 32.3. The first-order valence-corrected chi connectivity index (χ1v) is 15.0. The number of likely N-dealkylation sites (tertiary alicyclic amines) is 1. The molecule has 234 valence electrons. The molecule has 0 radical (unpaired) electrons. The molecule has 5 rings (SSSR count). The number of hydrogen-bond donors (Lipinski definition) is 2. The van der Waals surface area contributed by atoms with Gasteiger partial charge in [-0.25, -0.2) is 8.78 Å². The normalized spacial score (nSPS) is 18.6. The predicted octanol–water partition coefficient (Wildman–Crippen LogP) is 6.83. The van der Waals surface area contributed by atoms with Crippen molar-refractivity contribution >= 4 is 56.1 Å². The van der Waals surface area contributed by atoms with Crippen molar-refractivity contribution in [2.45, 2.75) is 30.1 Å². The second-order valence-electron chi connectivity index (χ2n) is 10.0. The molecule has 44 heavy (non-hydrogen) atoms. The Balaban J connectivity index is 1.43. The lowest BCUT2D eigenvalue weighted by molar-refractivity contribution is -0.137. The SMILES string of the molecule is NC(=O)c1nn(CC(=O)N2C[C@H](F)C[C@H]2C(=O)Nc2cccc(-c3ccccc3Cl)c2F)c2cc(S(F)(F)(F)(F)F)ccc12. The van der Waals surface area contributed by atoms with Gasteiger partial charge in [-0.3, -0.25) is 19.1 Å². The van der Waals surface area contributed by atoms with E-state index in [1.807, 2.05) is 0 Å². The maximum atomic E-state index is 15.4. The van der Waals surface area contributed by atoms with Crippen LogP contribution in [-0.2, 0) is 16.1 Å². The molecule has 8 nitrogen and oxygen atoms in total. The van der Waals surface area contributed by atoms with E-state index in [0.29, 0.717) is 16.3 Å². The average Bonchev–Trinajstić information content (AvgIpc) is 3.50. The van der Waals surface area contributed by atoms with E-state index in [4.69, 9.17) is 17.3 Å². The number of rotatable bonds is 7. The summed E-state index contributed by atoms with van der Waals surface area (Å²) in [7, 11) is -10.2. The minimum Gasteiger partial charge on any atom is -0.364 e. The summed E-state index contributed by atoms with van der Waals surface area (Å²) in [6.07, 6.45) is -2.20. The van der Waals surface area contributed by atoms with E-state index in [2.05, 4.69) is 10.4 Å². The van der Waals surface area contributed by atoms with E-state index in [0.717, 1.165) is 4.90 Å².